The summed E-state index contributed by atoms with van der Waals surface area (Å²) in [7, 11) is 0. The summed E-state index contributed by atoms with van der Waals surface area (Å²) >= 11 is 14.3. The molecule has 0 aromatic heterocycles. The predicted octanol–water partition coefficient (Wildman–Crippen LogP) is 3.79. The van der Waals surface area contributed by atoms with Crippen molar-refractivity contribution in [2.45, 2.75) is 43.4 Å². The molecule has 0 heterocycles. The first-order chi connectivity index (χ1) is 6.13. The summed E-state index contributed by atoms with van der Waals surface area (Å²) in [6.07, 6.45) is 0. The van der Waals surface area contributed by atoms with Crippen molar-refractivity contribution in [1.29, 1.82) is 0 Å². The van der Waals surface area contributed by atoms with Crippen LogP contribution in [0.5, 0.6) is 0 Å². The largest absolute Gasteiger partial charge is 0.172 e. The molecule has 0 aromatic rings. The van der Waals surface area contributed by atoms with Crippen molar-refractivity contribution in [3.8, 4) is 0 Å². The smallest absolute Gasteiger partial charge is 0.0608 e. The van der Waals surface area contributed by atoms with Crippen LogP contribution in [-0.2, 0) is 0 Å². The first-order valence-electron chi connectivity index (χ1n) is 5.30. The van der Waals surface area contributed by atoms with Crippen LogP contribution in [0.15, 0.2) is 0 Å². The number of thiol groups is 3. The van der Waals surface area contributed by atoms with E-state index in [2.05, 4.69) is 34.6 Å². The summed E-state index contributed by atoms with van der Waals surface area (Å²) in [6, 6.07) is 0. The lowest BCUT2D eigenvalue weighted by atomic mass is 9.63. The quantitative estimate of drug-likeness (QED) is 0.423. The van der Waals surface area contributed by atoms with E-state index < -0.39 is 0 Å². The molecule has 0 radical (unpaired) electrons. The highest BCUT2D eigenvalue weighted by Crippen LogP contribution is 2.56. The van der Waals surface area contributed by atoms with Gasteiger partial charge in [-0.25, -0.2) is 0 Å². The first-order valence-corrected chi connectivity index (χ1v) is 6.64. The third-order valence-corrected chi connectivity index (χ3v) is 7.13. The maximum absolute atomic E-state index is 4.84. The molecule has 3 unspecified atom stereocenters. The molecular formula is C11H22S3. The Kier molecular flexibility index (Phi) is 3.57. The molecule has 1 aliphatic carbocycles. The van der Waals surface area contributed by atoms with Gasteiger partial charge in [-0.1, -0.05) is 34.6 Å². The van der Waals surface area contributed by atoms with Crippen molar-refractivity contribution >= 4 is 37.9 Å². The number of hydrogen-bond acceptors (Lipinski definition) is 3. The predicted molar refractivity (Wildman–Crippen MR) is 74.8 cm³/mol. The van der Waals surface area contributed by atoms with Gasteiger partial charge in [0.05, 0.1) is 4.08 Å². The van der Waals surface area contributed by atoms with E-state index in [1.165, 1.54) is 0 Å². The standard InChI is InChI=1S/C11H22S3/c1-6-8(3)11(13,14)9(4)7(2)10(6,5)12/h6-9,12-14H,1-5H3/t6-,7?,8+,9?,10?/m1/s1. The van der Waals surface area contributed by atoms with Crippen LogP contribution in [0.25, 0.3) is 0 Å². The highest BCUT2D eigenvalue weighted by Gasteiger charge is 2.53. The van der Waals surface area contributed by atoms with Gasteiger partial charge in [0, 0.05) is 4.75 Å². The Balaban J connectivity index is 3.07. The summed E-state index contributed by atoms with van der Waals surface area (Å²) in [5, 5.41) is 0. The molecule has 0 aromatic carbocycles. The van der Waals surface area contributed by atoms with Crippen molar-refractivity contribution in [2.24, 2.45) is 23.7 Å². The maximum atomic E-state index is 4.84. The van der Waals surface area contributed by atoms with Gasteiger partial charge in [0.15, 0.2) is 0 Å². The fourth-order valence-corrected chi connectivity index (χ4v) is 3.92. The minimum atomic E-state index is -0.166. The summed E-state index contributed by atoms with van der Waals surface area (Å²) < 4.78 is -0.0745. The topological polar surface area (TPSA) is 0 Å². The molecule has 84 valence electrons. The van der Waals surface area contributed by atoms with Gasteiger partial charge in [-0.2, -0.15) is 37.9 Å². The van der Waals surface area contributed by atoms with Gasteiger partial charge in [0.25, 0.3) is 0 Å². The molecule has 0 bridgehead atoms. The average Bonchev–Trinajstić information content (AvgIpc) is 2.11. The van der Waals surface area contributed by atoms with Gasteiger partial charge < -0.3 is 0 Å². The maximum Gasteiger partial charge on any atom is 0.0608 e. The Bertz CT molecular complexity index is 179. The second-order valence-electron chi connectivity index (χ2n) is 5.16. The van der Waals surface area contributed by atoms with E-state index >= 15 is 0 Å². The zero-order valence-electron chi connectivity index (χ0n) is 9.65. The molecule has 1 fully saturated rings. The zero-order chi connectivity index (χ0) is 11.3. The van der Waals surface area contributed by atoms with Crippen LogP contribution in [0, 0.1) is 23.7 Å². The van der Waals surface area contributed by atoms with Gasteiger partial charge in [0.1, 0.15) is 0 Å². The Morgan fingerprint density at radius 3 is 1.29 bits per heavy atom. The molecule has 0 nitrogen and oxygen atoms in total. The van der Waals surface area contributed by atoms with E-state index in [-0.39, 0.29) is 8.83 Å². The molecule has 1 saturated carbocycles. The van der Waals surface area contributed by atoms with E-state index in [0.717, 1.165) is 0 Å². The summed E-state index contributed by atoms with van der Waals surface area (Å²) in [5.74, 6) is 2.02. The Morgan fingerprint density at radius 1 is 0.714 bits per heavy atom. The van der Waals surface area contributed by atoms with Crippen LogP contribution in [-0.4, -0.2) is 8.83 Å². The van der Waals surface area contributed by atoms with Crippen molar-refractivity contribution in [1.82, 2.24) is 0 Å². The fourth-order valence-electron chi connectivity index (χ4n) is 2.58. The molecular weight excluding hydrogens is 228 g/mol. The Hall–Kier alpha value is 1.05. The van der Waals surface area contributed by atoms with Crippen LogP contribution < -0.4 is 0 Å². The summed E-state index contributed by atoms with van der Waals surface area (Å²) in [4.78, 5) is 0. The lowest BCUT2D eigenvalue weighted by molar-refractivity contribution is 0.109. The third-order valence-electron chi connectivity index (χ3n) is 4.68. The summed E-state index contributed by atoms with van der Waals surface area (Å²) in [6.45, 7) is 11.3. The number of hydrogen-bond donors (Lipinski definition) is 3. The molecule has 5 atom stereocenters. The number of rotatable bonds is 0. The lowest BCUT2D eigenvalue weighted by Crippen LogP contribution is -2.55. The van der Waals surface area contributed by atoms with Crippen LogP contribution in [0.1, 0.15) is 34.6 Å². The zero-order valence-corrected chi connectivity index (χ0v) is 12.3. The van der Waals surface area contributed by atoms with Gasteiger partial charge in [0.2, 0.25) is 0 Å². The highest BCUT2D eigenvalue weighted by atomic mass is 32.2. The van der Waals surface area contributed by atoms with E-state index in [9.17, 15) is 0 Å². The van der Waals surface area contributed by atoms with Gasteiger partial charge in [-0.3, -0.25) is 0 Å². The minimum Gasteiger partial charge on any atom is -0.172 e. The molecule has 0 aliphatic heterocycles. The molecule has 1 aliphatic rings. The van der Waals surface area contributed by atoms with Crippen LogP contribution in [0.4, 0.5) is 0 Å². The fraction of sp³-hybridized carbons (Fsp3) is 1.00. The molecule has 0 N–H and O–H groups in total. The van der Waals surface area contributed by atoms with Crippen molar-refractivity contribution < 1.29 is 0 Å². The SMILES string of the molecule is CC1C(C)C(S)(S)[C@@H](C)[C@@H](C)C1(C)S. The monoisotopic (exact) mass is 250 g/mol. The van der Waals surface area contributed by atoms with Crippen molar-refractivity contribution in [3.63, 3.8) is 0 Å². The van der Waals surface area contributed by atoms with Crippen LogP contribution in [0.3, 0.4) is 0 Å². The van der Waals surface area contributed by atoms with Gasteiger partial charge >= 0.3 is 0 Å². The third kappa shape index (κ3) is 1.73. The van der Waals surface area contributed by atoms with Gasteiger partial charge in [-0.15, -0.1) is 0 Å². The van der Waals surface area contributed by atoms with Crippen molar-refractivity contribution in [2.75, 3.05) is 0 Å². The Morgan fingerprint density at radius 2 is 1.00 bits per heavy atom. The first kappa shape index (κ1) is 13.1. The molecule has 3 heteroatoms. The highest BCUT2D eigenvalue weighted by molar-refractivity contribution is 8.00. The molecule has 14 heavy (non-hydrogen) atoms. The van der Waals surface area contributed by atoms with Crippen molar-refractivity contribution in [3.05, 3.63) is 0 Å². The van der Waals surface area contributed by atoms with Crippen LogP contribution in [0.2, 0.25) is 0 Å². The van der Waals surface area contributed by atoms with Crippen LogP contribution >= 0.6 is 37.9 Å². The second kappa shape index (κ2) is 3.81. The lowest BCUT2D eigenvalue weighted by Gasteiger charge is -2.55. The van der Waals surface area contributed by atoms with E-state index in [1.807, 2.05) is 0 Å². The summed E-state index contributed by atoms with van der Waals surface area (Å²) in [5.41, 5.74) is 0. The average molecular weight is 250 g/mol. The minimum absolute atomic E-state index is 0.0911. The van der Waals surface area contributed by atoms with Gasteiger partial charge in [-0.05, 0) is 23.7 Å². The second-order valence-corrected chi connectivity index (χ2v) is 7.96. The van der Waals surface area contributed by atoms with E-state index in [0.29, 0.717) is 23.7 Å². The molecule has 0 spiro atoms. The van der Waals surface area contributed by atoms with E-state index in [1.54, 1.807) is 0 Å². The Labute approximate surface area is 105 Å². The van der Waals surface area contributed by atoms with E-state index in [4.69, 9.17) is 37.9 Å². The normalized spacial score (nSPS) is 53.1. The molecule has 1 rings (SSSR count). The molecule has 0 saturated heterocycles. The molecule has 0 amide bonds.